The number of hydrogen-bond donors (Lipinski definition) is 2. The molecular weight excluding hydrogens is 160 g/mol. The predicted molar refractivity (Wildman–Crippen MR) is 42.2 cm³/mol. The molecule has 1 rings (SSSR count). The Morgan fingerprint density at radius 1 is 1.75 bits per heavy atom. The number of pyridine rings is 1. The minimum absolute atomic E-state index is 0.0185. The van der Waals surface area contributed by atoms with E-state index in [1.807, 2.05) is 0 Å². The average molecular weight is 168 g/mol. The van der Waals surface area contributed by atoms with Gasteiger partial charge < -0.3 is 15.6 Å². The van der Waals surface area contributed by atoms with Gasteiger partial charge in [0.05, 0.1) is 7.11 Å². The molecule has 0 amide bonds. The number of ether oxygens (including phenoxy) is 1. The van der Waals surface area contributed by atoms with E-state index >= 15 is 0 Å². The third-order valence-corrected chi connectivity index (χ3v) is 1.37. The first-order valence-corrected chi connectivity index (χ1v) is 3.18. The second-order valence-corrected chi connectivity index (χ2v) is 2.08. The number of aromatic carboxylic acids is 1. The number of rotatable bonds is 2. The number of nitrogens with two attached hydrogens (primary N) is 1. The van der Waals surface area contributed by atoms with Crippen LogP contribution in [0.3, 0.4) is 0 Å². The summed E-state index contributed by atoms with van der Waals surface area (Å²) < 4.78 is 4.77. The van der Waals surface area contributed by atoms with Gasteiger partial charge in [-0.2, -0.15) is 0 Å². The molecule has 1 aromatic rings. The van der Waals surface area contributed by atoms with Gasteiger partial charge in [-0.15, -0.1) is 0 Å². The zero-order valence-electron chi connectivity index (χ0n) is 6.44. The summed E-state index contributed by atoms with van der Waals surface area (Å²) >= 11 is 0. The van der Waals surface area contributed by atoms with E-state index in [9.17, 15) is 4.79 Å². The molecule has 0 aliphatic rings. The number of anilines is 1. The van der Waals surface area contributed by atoms with E-state index in [-0.39, 0.29) is 17.1 Å². The highest BCUT2D eigenvalue weighted by atomic mass is 16.5. The van der Waals surface area contributed by atoms with Crippen molar-refractivity contribution >= 4 is 11.8 Å². The maximum atomic E-state index is 10.6. The van der Waals surface area contributed by atoms with Gasteiger partial charge in [-0.3, -0.25) is 0 Å². The molecule has 1 aromatic heterocycles. The van der Waals surface area contributed by atoms with Crippen molar-refractivity contribution in [2.24, 2.45) is 0 Å². The summed E-state index contributed by atoms with van der Waals surface area (Å²) in [5.41, 5.74) is 5.39. The molecule has 5 heteroatoms. The largest absolute Gasteiger partial charge is 0.492 e. The van der Waals surface area contributed by atoms with Crippen LogP contribution in [0.1, 0.15) is 10.4 Å². The SMILES string of the molecule is COc1c(C(=O)O)ccnc1N. The quantitative estimate of drug-likeness (QED) is 0.666. The Morgan fingerprint density at radius 3 is 2.83 bits per heavy atom. The molecule has 1 heterocycles. The van der Waals surface area contributed by atoms with Crippen LogP contribution in [0.5, 0.6) is 5.75 Å². The highest BCUT2D eigenvalue weighted by Gasteiger charge is 2.13. The van der Waals surface area contributed by atoms with Gasteiger partial charge in [-0.1, -0.05) is 0 Å². The molecule has 0 saturated carbocycles. The van der Waals surface area contributed by atoms with Crippen LogP contribution in [0.4, 0.5) is 5.82 Å². The topological polar surface area (TPSA) is 85.4 Å². The van der Waals surface area contributed by atoms with Gasteiger partial charge in [0.1, 0.15) is 5.56 Å². The number of carboxylic acid groups (broad SMARTS) is 1. The van der Waals surface area contributed by atoms with Crippen molar-refractivity contribution in [3.05, 3.63) is 17.8 Å². The molecule has 0 unspecified atom stereocenters. The van der Waals surface area contributed by atoms with Crippen molar-refractivity contribution < 1.29 is 14.6 Å². The van der Waals surface area contributed by atoms with Crippen LogP contribution in [0.2, 0.25) is 0 Å². The number of carboxylic acids is 1. The van der Waals surface area contributed by atoms with Crippen molar-refractivity contribution in [2.75, 3.05) is 12.8 Å². The first-order valence-electron chi connectivity index (χ1n) is 3.18. The van der Waals surface area contributed by atoms with Crippen LogP contribution in [-0.4, -0.2) is 23.2 Å². The fourth-order valence-electron chi connectivity index (χ4n) is 0.847. The highest BCUT2D eigenvalue weighted by molar-refractivity contribution is 5.92. The smallest absolute Gasteiger partial charge is 0.339 e. The van der Waals surface area contributed by atoms with E-state index in [0.29, 0.717) is 0 Å². The third kappa shape index (κ3) is 1.29. The molecule has 12 heavy (non-hydrogen) atoms. The molecule has 3 N–H and O–H groups in total. The second kappa shape index (κ2) is 3.08. The maximum absolute atomic E-state index is 10.6. The molecule has 0 fully saturated rings. The lowest BCUT2D eigenvalue weighted by Gasteiger charge is -2.05. The standard InChI is InChI=1S/C7H8N2O3/c1-12-5-4(7(10)11)2-3-9-6(5)8/h2-3H,1H3,(H2,8,9)(H,10,11). The van der Waals surface area contributed by atoms with E-state index in [1.54, 1.807) is 0 Å². The number of aromatic nitrogens is 1. The Kier molecular flexibility index (Phi) is 2.14. The van der Waals surface area contributed by atoms with Crippen molar-refractivity contribution in [1.29, 1.82) is 0 Å². The predicted octanol–water partition coefficient (Wildman–Crippen LogP) is 0.371. The van der Waals surface area contributed by atoms with Crippen LogP contribution < -0.4 is 10.5 Å². The highest BCUT2D eigenvalue weighted by Crippen LogP contribution is 2.22. The summed E-state index contributed by atoms with van der Waals surface area (Å²) in [7, 11) is 1.35. The average Bonchev–Trinajstić information content (AvgIpc) is 2.03. The number of carbonyl (C=O) groups is 1. The Labute approximate surface area is 68.8 Å². The summed E-state index contributed by atoms with van der Waals surface area (Å²) in [6.45, 7) is 0. The second-order valence-electron chi connectivity index (χ2n) is 2.08. The maximum Gasteiger partial charge on any atom is 0.339 e. The van der Waals surface area contributed by atoms with E-state index in [4.69, 9.17) is 15.6 Å². The van der Waals surface area contributed by atoms with Gasteiger partial charge in [0.15, 0.2) is 11.6 Å². The summed E-state index contributed by atoms with van der Waals surface area (Å²) in [6.07, 6.45) is 1.32. The van der Waals surface area contributed by atoms with Crippen LogP contribution in [-0.2, 0) is 0 Å². The lowest BCUT2D eigenvalue weighted by atomic mass is 10.2. The Morgan fingerprint density at radius 2 is 2.42 bits per heavy atom. The van der Waals surface area contributed by atoms with Crippen LogP contribution in [0.15, 0.2) is 12.3 Å². The minimum atomic E-state index is -1.08. The Bertz CT molecular complexity index is 312. The molecule has 0 bridgehead atoms. The zero-order chi connectivity index (χ0) is 9.14. The van der Waals surface area contributed by atoms with Gasteiger partial charge in [-0.05, 0) is 6.07 Å². The van der Waals surface area contributed by atoms with Gasteiger partial charge in [0.2, 0.25) is 0 Å². The molecule has 0 spiro atoms. The van der Waals surface area contributed by atoms with Crippen LogP contribution in [0, 0.1) is 0 Å². The Balaban J connectivity index is 3.27. The molecule has 0 saturated heterocycles. The normalized spacial score (nSPS) is 9.42. The fourth-order valence-corrected chi connectivity index (χ4v) is 0.847. The van der Waals surface area contributed by atoms with Crippen molar-refractivity contribution in [2.45, 2.75) is 0 Å². The van der Waals surface area contributed by atoms with Crippen LogP contribution in [0.25, 0.3) is 0 Å². The van der Waals surface area contributed by atoms with E-state index < -0.39 is 5.97 Å². The number of nitrogens with zero attached hydrogens (tertiary/aromatic N) is 1. The van der Waals surface area contributed by atoms with Gasteiger partial charge in [-0.25, -0.2) is 9.78 Å². The minimum Gasteiger partial charge on any atom is -0.492 e. The molecule has 0 aliphatic heterocycles. The number of nitrogen functional groups attached to an aromatic ring is 1. The Hall–Kier alpha value is -1.78. The zero-order valence-corrected chi connectivity index (χ0v) is 6.44. The van der Waals surface area contributed by atoms with Crippen LogP contribution >= 0.6 is 0 Å². The molecule has 5 nitrogen and oxygen atoms in total. The summed E-state index contributed by atoms with van der Waals surface area (Å²) in [6, 6.07) is 1.33. The molecular formula is C7H8N2O3. The summed E-state index contributed by atoms with van der Waals surface area (Å²) in [5.74, 6) is -0.900. The van der Waals surface area contributed by atoms with Crippen molar-refractivity contribution in [3.8, 4) is 5.75 Å². The van der Waals surface area contributed by atoms with E-state index in [0.717, 1.165) is 0 Å². The molecule has 0 aromatic carbocycles. The number of hydrogen-bond acceptors (Lipinski definition) is 4. The van der Waals surface area contributed by atoms with Gasteiger partial charge in [0, 0.05) is 6.20 Å². The molecule has 0 aliphatic carbocycles. The third-order valence-electron chi connectivity index (χ3n) is 1.37. The van der Waals surface area contributed by atoms with Crippen molar-refractivity contribution in [1.82, 2.24) is 4.98 Å². The van der Waals surface area contributed by atoms with E-state index in [1.165, 1.54) is 19.4 Å². The molecule has 0 radical (unpaired) electrons. The lowest BCUT2D eigenvalue weighted by molar-refractivity contribution is 0.0693. The van der Waals surface area contributed by atoms with Crippen molar-refractivity contribution in [3.63, 3.8) is 0 Å². The van der Waals surface area contributed by atoms with Gasteiger partial charge in [0.25, 0.3) is 0 Å². The van der Waals surface area contributed by atoms with E-state index in [2.05, 4.69) is 4.98 Å². The summed E-state index contributed by atoms with van der Waals surface area (Å²) in [4.78, 5) is 14.3. The fraction of sp³-hybridized carbons (Fsp3) is 0.143. The monoisotopic (exact) mass is 168 g/mol. The molecule has 0 atom stereocenters. The lowest BCUT2D eigenvalue weighted by Crippen LogP contribution is -2.04. The number of methoxy groups -OCH3 is 1. The van der Waals surface area contributed by atoms with Gasteiger partial charge >= 0.3 is 5.97 Å². The summed E-state index contributed by atoms with van der Waals surface area (Å²) in [5, 5.41) is 8.66. The molecule has 64 valence electrons. The first-order chi connectivity index (χ1) is 5.66. The first kappa shape index (κ1) is 8.32.